The third-order valence-corrected chi connectivity index (χ3v) is 4.78. The van der Waals surface area contributed by atoms with Gasteiger partial charge in [-0.1, -0.05) is 24.3 Å². The summed E-state index contributed by atoms with van der Waals surface area (Å²) >= 11 is 0. The SMILES string of the molecule is O=C1NCCc2c1cc(-c1ccnc(/C=C\C=C\c3cccnc3)c1)n2OC(=O)C(F)(F)F. The van der Waals surface area contributed by atoms with E-state index in [4.69, 9.17) is 0 Å². The highest BCUT2D eigenvalue weighted by Gasteiger charge is 2.43. The highest BCUT2D eigenvalue weighted by molar-refractivity contribution is 5.98. The fourth-order valence-corrected chi connectivity index (χ4v) is 3.29. The van der Waals surface area contributed by atoms with Gasteiger partial charge in [-0.15, -0.1) is 0 Å². The second kappa shape index (κ2) is 9.11. The molecule has 1 aliphatic rings. The van der Waals surface area contributed by atoms with Crippen molar-refractivity contribution in [3.8, 4) is 11.3 Å². The van der Waals surface area contributed by atoms with Crippen LogP contribution in [0.15, 0.2) is 61.1 Å². The predicted molar refractivity (Wildman–Crippen MR) is 114 cm³/mol. The van der Waals surface area contributed by atoms with Crippen molar-refractivity contribution in [2.75, 3.05) is 6.54 Å². The molecule has 0 saturated heterocycles. The van der Waals surface area contributed by atoms with E-state index in [0.717, 1.165) is 10.3 Å². The van der Waals surface area contributed by atoms with Gasteiger partial charge < -0.3 is 10.2 Å². The van der Waals surface area contributed by atoms with Crippen LogP contribution in [0.1, 0.15) is 27.3 Å². The minimum atomic E-state index is -5.18. The van der Waals surface area contributed by atoms with Crippen molar-refractivity contribution in [2.45, 2.75) is 12.6 Å². The first-order chi connectivity index (χ1) is 15.8. The van der Waals surface area contributed by atoms with Crippen LogP contribution in [0.2, 0.25) is 0 Å². The van der Waals surface area contributed by atoms with Crippen LogP contribution in [0.4, 0.5) is 13.2 Å². The summed E-state index contributed by atoms with van der Waals surface area (Å²) in [5, 5.41) is 2.62. The summed E-state index contributed by atoms with van der Waals surface area (Å²) in [5.74, 6) is -2.82. The summed E-state index contributed by atoms with van der Waals surface area (Å²) in [6, 6.07) is 8.28. The Balaban J connectivity index is 1.66. The molecule has 0 spiro atoms. The van der Waals surface area contributed by atoms with Gasteiger partial charge in [0.05, 0.1) is 22.6 Å². The van der Waals surface area contributed by atoms with Crippen molar-refractivity contribution in [3.63, 3.8) is 0 Å². The van der Waals surface area contributed by atoms with Gasteiger partial charge >= 0.3 is 12.1 Å². The number of alkyl halides is 3. The number of aromatic nitrogens is 3. The van der Waals surface area contributed by atoms with Gasteiger partial charge in [0.15, 0.2) is 0 Å². The van der Waals surface area contributed by atoms with Crippen molar-refractivity contribution in [1.82, 2.24) is 20.0 Å². The lowest BCUT2D eigenvalue weighted by atomic mass is 10.1. The van der Waals surface area contributed by atoms with Gasteiger partial charge in [0.2, 0.25) is 0 Å². The number of nitrogens with zero attached hydrogens (tertiary/aromatic N) is 3. The number of hydrogen-bond acceptors (Lipinski definition) is 5. The van der Waals surface area contributed by atoms with E-state index in [-0.39, 0.29) is 29.9 Å². The summed E-state index contributed by atoms with van der Waals surface area (Å²) in [6.45, 7) is 0.215. The number of hydrogen-bond donors (Lipinski definition) is 1. The predicted octanol–water partition coefficient (Wildman–Crippen LogP) is 3.48. The van der Waals surface area contributed by atoms with E-state index in [1.807, 2.05) is 18.2 Å². The Morgan fingerprint density at radius 1 is 1.15 bits per heavy atom. The molecule has 0 aromatic carbocycles. The van der Waals surface area contributed by atoms with Crippen molar-refractivity contribution in [1.29, 1.82) is 0 Å². The maximum absolute atomic E-state index is 12.8. The molecule has 0 aliphatic carbocycles. The van der Waals surface area contributed by atoms with Gasteiger partial charge in [0.25, 0.3) is 5.91 Å². The first kappa shape index (κ1) is 22.0. The molecule has 1 amide bonds. The maximum atomic E-state index is 12.8. The van der Waals surface area contributed by atoms with Crippen LogP contribution in [-0.4, -0.2) is 39.3 Å². The molecular weight excluding hydrogens is 437 g/mol. The Bertz CT molecular complexity index is 1250. The zero-order valence-electron chi connectivity index (χ0n) is 17.0. The normalized spacial score (nSPS) is 13.8. The lowest BCUT2D eigenvalue weighted by molar-refractivity contribution is -0.199. The minimum Gasteiger partial charge on any atom is -0.352 e. The highest BCUT2D eigenvalue weighted by atomic mass is 19.4. The summed E-state index contributed by atoms with van der Waals surface area (Å²) < 4.78 is 39.3. The third-order valence-electron chi connectivity index (χ3n) is 4.78. The molecule has 4 rings (SSSR count). The Kier molecular flexibility index (Phi) is 6.07. The third kappa shape index (κ3) is 5.00. The second-order valence-corrected chi connectivity index (χ2v) is 7.04. The van der Waals surface area contributed by atoms with Crippen LogP contribution >= 0.6 is 0 Å². The Hall–Kier alpha value is -4.21. The molecule has 0 radical (unpaired) electrons. The van der Waals surface area contributed by atoms with E-state index in [9.17, 15) is 22.8 Å². The zero-order valence-corrected chi connectivity index (χ0v) is 17.0. The van der Waals surface area contributed by atoms with Crippen LogP contribution in [0.3, 0.4) is 0 Å². The second-order valence-electron chi connectivity index (χ2n) is 7.04. The molecule has 1 aliphatic heterocycles. The molecule has 33 heavy (non-hydrogen) atoms. The molecule has 0 unspecified atom stereocenters. The number of carbonyl (C=O) groups is 2. The number of rotatable bonds is 5. The molecule has 0 saturated carbocycles. The number of halogens is 3. The maximum Gasteiger partial charge on any atom is 0.493 e. The van der Waals surface area contributed by atoms with Crippen molar-refractivity contribution in [3.05, 3.63) is 83.6 Å². The average Bonchev–Trinajstić information content (AvgIpc) is 3.17. The Morgan fingerprint density at radius 2 is 1.97 bits per heavy atom. The standard InChI is InChI=1S/C23H17F3N4O3/c24-23(25,26)22(32)33-30-19-8-11-29-21(31)18(19)13-20(30)16-7-10-28-17(12-16)6-2-1-4-15-5-3-9-27-14-15/h1-7,9-10,12-14H,8,11H2,(H,29,31)/b4-1+,6-2-. The van der Waals surface area contributed by atoms with Gasteiger partial charge in [-0.05, 0) is 35.9 Å². The van der Waals surface area contributed by atoms with Crippen LogP contribution in [0.5, 0.6) is 0 Å². The summed E-state index contributed by atoms with van der Waals surface area (Å²) in [7, 11) is 0. The van der Waals surface area contributed by atoms with E-state index in [1.165, 1.54) is 12.3 Å². The van der Waals surface area contributed by atoms with Crippen LogP contribution in [0.25, 0.3) is 23.4 Å². The molecular formula is C23H17F3N4O3. The molecule has 1 N–H and O–H groups in total. The van der Waals surface area contributed by atoms with Crippen LogP contribution < -0.4 is 10.2 Å². The van der Waals surface area contributed by atoms with E-state index >= 15 is 0 Å². The summed E-state index contributed by atoms with van der Waals surface area (Å²) in [6.07, 6.45) is 6.98. The van der Waals surface area contributed by atoms with Gasteiger partial charge in [0.1, 0.15) is 0 Å². The number of carbonyl (C=O) groups excluding carboxylic acids is 2. The first-order valence-corrected chi connectivity index (χ1v) is 9.86. The first-order valence-electron chi connectivity index (χ1n) is 9.86. The zero-order chi connectivity index (χ0) is 23.4. The number of fused-ring (bicyclic) bond motifs is 1. The number of allylic oxidation sites excluding steroid dienone is 2. The largest absolute Gasteiger partial charge is 0.493 e. The molecule has 3 aromatic heterocycles. The van der Waals surface area contributed by atoms with E-state index < -0.39 is 18.1 Å². The highest BCUT2D eigenvalue weighted by Crippen LogP contribution is 2.29. The van der Waals surface area contributed by atoms with E-state index in [1.54, 1.807) is 42.8 Å². The quantitative estimate of drug-likeness (QED) is 0.597. The average molecular weight is 454 g/mol. The number of nitrogens with one attached hydrogen (secondary N) is 1. The van der Waals surface area contributed by atoms with Gasteiger partial charge in [-0.2, -0.15) is 17.9 Å². The topological polar surface area (TPSA) is 86.1 Å². The van der Waals surface area contributed by atoms with E-state index in [0.29, 0.717) is 11.3 Å². The Morgan fingerprint density at radius 3 is 2.73 bits per heavy atom. The molecule has 3 aromatic rings. The molecule has 4 heterocycles. The molecule has 168 valence electrons. The van der Waals surface area contributed by atoms with Crippen molar-refractivity contribution >= 4 is 24.0 Å². The number of pyridine rings is 2. The molecule has 10 heteroatoms. The minimum absolute atomic E-state index is 0.137. The van der Waals surface area contributed by atoms with Crippen molar-refractivity contribution < 1.29 is 27.6 Å². The Labute approximate surface area is 186 Å². The molecule has 0 fully saturated rings. The van der Waals surface area contributed by atoms with Gasteiger partial charge in [0, 0.05) is 37.1 Å². The molecule has 0 atom stereocenters. The van der Waals surface area contributed by atoms with Crippen molar-refractivity contribution in [2.24, 2.45) is 0 Å². The lowest BCUT2D eigenvalue weighted by Crippen LogP contribution is -2.37. The lowest BCUT2D eigenvalue weighted by Gasteiger charge is -2.17. The van der Waals surface area contributed by atoms with Crippen LogP contribution in [-0.2, 0) is 11.2 Å². The summed E-state index contributed by atoms with van der Waals surface area (Å²) in [4.78, 5) is 36.6. The summed E-state index contributed by atoms with van der Waals surface area (Å²) in [5.41, 5.74) is 2.34. The fraction of sp³-hybridized carbons (Fsp3) is 0.130. The fourth-order valence-electron chi connectivity index (χ4n) is 3.29. The van der Waals surface area contributed by atoms with E-state index in [2.05, 4.69) is 20.1 Å². The van der Waals surface area contributed by atoms with Gasteiger partial charge in [-0.25, -0.2) is 4.79 Å². The number of amides is 1. The molecule has 0 bridgehead atoms. The van der Waals surface area contributed by atoms with Crippen LogP contribution in [0, 0.1) is 0 Å². The monoisotopic (exact) mass is 454 g/mol. The molecule has 7 nitrogen and oxygen atoms in total. The smallest absolute Gasteiger partial charge is 0.352 e. The van der Waals surface area contributed by atoms with Gasteiger partial charge in [-0.3, -0.25) is 14.8 Å².